The summed E-state index contributed by atoms with van der Waals surface area (Å²) in [6.45, 7) is 1.95. The molecule has 1 saturated heterocycles. The Hall–Kier alpha value is -2.64. The fourth-order valence-corrected chi connectivity index (χ4v) is 4.27. The number of amides is 1. The predicted molar refractivity (Wildman–Crippen MR) is 116 cm³/mol. The van der Waals surface area contributed by atoms with E-state index >= 15 is 0 Å². The molecule has 1 atom stereocenters. The lowest BCUT2D eigenvalue weighted by molar-refractivity contribution is -0.119. The Labute approximate surface area is 179 Å². The fourth-order valence-electron chi connectivity index (χ4n) is 3.46. The summed E-state index contributed by atoms with van der Waals surface area (Å²) in [5.41, 5.74) is 2.90. The van der Waals surface area contributed by atoms with Gasteiger partial charge in [0, 0.05) is 13.2 Å². The van der Waals surface area contributed by atoms with Gasteiger partial charge in [-0.3, -0.25) is 4.79 Å². The molecule has 1 N–H and O–H groups in total. The third-order valence-corrected chi connectivity index (χ3v) is 6.02. The summed E-state index contributed by atoms with van der Waals surface area (Å²) in [5.74, 6) is -0.0278. The van der Waals surface area contributed by atoms with Crippen molar-refractivity contribution < 1.29 is 13.9 Å². The number of nitrogens with zero attached hydrogens (tertiary/aromatic N) is 2. The van der Waals surface area contributed by atoms with Gasteiger partial charge in [0.15, 0.2) is 5.16 Å². The van der Waals surface area contributed by atoms with Crippen molar-refractivity contribution in [2.24, 2.45) is 0 Å². The smallest absolute Gasteiger partial charge is 0.230 e. The number of halogens is 1. The maximum Gasteiger partial charge on any atom is 0.230 e. The number of hydrogen-bond acceptors (Lipinski definition) is 4. The fraction of sp³-hybridized carbons (Fsp3) is 0.304. The molecule has 156 valence electrons. The lowest BCUT2D eigenvalue weighted by atomic mass is 10.1. The van der Waals surface area contributed by atoms with Crippen LogP contribution >= 0.6 is 11.8 Å². The van der Waals surface area contributed by atoms with Gasteiger partial charge in [-0.05, 0) is 48.2 Å². The molecule has 7 heteroatoms. The van der Waals surface area contributed by atoms with Crippen molar-refractivity contribution in [2.75, 3.05) is 18.9 Å². The summed E-state index contributed by atoms with van der Waals surface area (Å²) in [4.78, 5) is 16.8. The minimum absolute atomic E-state index is 0.0342. The minimum atomic E-state index is -0.273. The summed E-state index contributed by atoms with van der Waals surface area (Å²) in [6.07, 6.45) is 3.96. The normalized spacial score (nSPS) is 16.0. The van der Waals surface area contributed by atoms with E-state index in [1.807, 2.05) is 18.2 Å². The first-order chi connectivity index (χ1) is 14.7. The second-order valence-electron chi connectivity index (χ2n) is 7.23. The minimum Gasteiger partial charge on any atom is -0.376 e. The number of ether oxygens (including phenoxy) is 1. The van der Waals surface area contributed by atoms with Crippen LogP contribution in [0.3, 0.4) is 0 Å². The van der Waals surface area contributed by atoms with Crippen LogP contribution in [0, 0.1) is 5.82 Å². The number of imidazole rings is 1. The van der Waals surface area contributed by atoms with Gasteiger partial charge in [-0.2, -0.15) is 0 Å². The molecule has 0 unspecified atom stereocenters. The van der Waals surface area contributed by atoms with Gasteiger partial charge in [0.25, 0.3) is 0 Å². The zero-order chi connectivity index (χ0) is 20.8. The standard InChI is InChI=1S/C23H24FN3O2S/c24-19-10-8-18(9-11-19)21-14-26-23(27(21)15-17-5-2-1-3-6-17)30-16-22(28)25-13-20-7-4-12-29-20/h1-3,5-6,8-11,14,20H,4,7,12-13,15-16H2,(H,25,28)/t20-/m1/s1. The monoisotopic (exact) mass is 425 g/mol. The van der Waals surface area contributed by atoms with Crippen LogP contribution in [0.1, 0.15) is 18.4 Å². The molecule has 0 spiro atoms. The third kappa shape index (κ3) is 5.29. The molecule has 5 nitrogen and oxygen atoms in total. The molecule has 0 saturated carbocycles. The topological polar surface area (TPSA) is 56.2 Å². The first-order valence-corrected chi connectivity index (χ1v) is 11.0. The van der Waals surface area contributed by atoms with E-state index in [9.17, 15) is 9.18 Å². The van der Waals surface area contributed by atoms with E-state index < -0.39 is 0 Å². The van der Waals surface area contributed by atoms with Gasteiger partial charge in [-0.1, -0.05) is 42.1 Å². The summed E-state index contributed by atoms with van der Waals surface area (Å²) in [6, 6.07) is 16.5. The number of benzene rings is 2. The van der Waals surface area contributed by atoms with Crippen LogP contribution in [0.4, 0.5) is 4.39 Å². The molecule has 4 rings (SSSR count). The van der Waals surface area contributed by atoms with E-state index in [4.69, 9.17) is 4.74 Å². The zero-order valence-electron chi connectivity index (χ0n) is 16.6. The van der Waals surface area contributed by atoms with Crippen LogP contribution in [0.2, 0.25) is 0 Å². The molecular formula is C23H24FN3O2S. The first-order valence-electron chi connectivity index (χ1n) is 10.1. The third-order valence-electron chi connectivity index (χ3n) is 5.03. The largest absolute Gasteiger partial charge is 0.376 e. The van der Waals surface area contributed by atoms with Crippen LogP contribution < -0.4 is 5.32 Å². The van der Waals surface area contributed by atoms with E-state index in [0.29, 0.717) is 13.1 Å². The van der Waals surface area contributed by atoms with Crippen molar-refractivity contribution in [1.82, 2.24) is 14.9 Å². The first kappa shape index (κ1) is 20.6. The maximum absolute atomic E-state index is 13.4. The van der Waals surface area contributed by atoms with E-state index in [1.165, 1.54) is 23.9 Å². The number of carbonyl (C=O) groups excluding carboxylic acids is 1. The van der Waals surface area contributed by atoms with Crippen molar-refractivity contribution in [3.05, 3.63) is 72.2 Å². The molecule has 1 fully saturated rings. The SMILES string of the molecule is O=C(CSc1ncc(-c2ccc(F)cc2)n1Cc1ccccc1)NC[C@H]1CCCO1. The Balaban J connectivity index is 1.48. The Morgan fingerprint density at radius 3 is 2.73 bits per heavy atom. The molecule has 3 aromatic rings. The number of carbonyl (C=O) groups is 1. The second kappa shape index (κ2) is 9.91. The molecule has 0 radical (unpaired) electrons. The molecule has 0 bridgehead atoms. The number of nitrogens with one attached hydrogen (secondary N) is 1. The van der Waals surface area contributed by atoms with Crippen molar-refractivity contribution in [1.29, 1.82) is 0 Å². The maximum atomic E-state index is 13.4. The van der Waals surface area contributed by atoms with Gasteiger partial charge >= 0.3 is 0 Å². The average molecular weight is 426 g/mol. The highest BCUT2D eigenvalue weighted by molar-refractivity contribution is 7.99. The lowest BCUT2D eigenvalue weighted by Gasteiger charge is -2.13. The van der Waals surface area contributed by atoms with Crippen molar-refractivity contribution in [3.63, 3.8) is 0 Å². The van der Waals surface area contributed by atoms with Gasteiger partial charge in [0.05, 0.1) is 30.3 Å². The Kier molecular flexibility index (Phi) is 6.81. The van der Waals surface area contributed by atoms with Crippen LogP contribution in [-0.4, -0.2) is 40.5 Å². The predicted octanol–water partition coefficient (Wildman–Crippen LogP) is 4.12. The van der Waals surface area contributed by atoms with Gasteiger partial charge < -0.3 is 14.6 Å². The van der Waals surface area contributed by atoms with Crippen molar-refractivity contribution in [2.45, 2.75) is 30.6 Å². The Morgan fingerprint density at radius 1 is 1.20 bits per heavy atom. The number of aromatic nitrogens is 2. The van der Waals surface area contributed by atoms with Gasteiger partial charge in [-0.15, -0.1) is 0 Å². The summed E-state index contributed by atoms with van der Waals surface area (Å²) >= 11 is 1.40. The molecule has 2 aromatic carbocycles. The molecule has 30 heavy (non-hydrogen) atoms. The van der Waals surface area contributed by atoms with E-state index in [1.54, 1.807) is 18.3 Å². The highest BCUT2D eigenvalue weighted by Crippen LogP contribution is 2.27. The van der Waals surface area contributed by atoms with Gasteiger partial charge in [0.2, 0.25) is 5.91 Å². The van der Waals surface area contributed by atoms with E-state index in [-0.39, 0.29) is 23.6 Å². The van der Waals surface area contributed by atoms with E-state index in [2.05, 4.69) is 27.0 Å². The number of rotatable bonds is 8. The summed E-state index contributed by atoms with van der Waals surface area (Å²) < 4.78 is 21.0. The zero-order valence-corrected chi connectivity index (χ0v) is 17.4. The van der Waals surface area contributed by atoms with Crippen molar-refractivity contribution >= 4 is 17.7 Å². The Bertz CT molecular complexity index is 970. The molecule has 1 aliphatic rings. The lowest BCUT2D eigenvalue weighted by Crippen LogP contribution is -2.32. The molecular weight excluding hydrogens is 401 g/mol. The Morgan fingerprint density at radius 2 is 2.00 bits per heavy atom. The average Bonchev–Trinajstić information content (AvgIpc) is 3.42. The molecule has 2 heterocycles. The quantitative estimate of drug-likeness (QED) is 0.552. The molecule has 0 aliphatic carbocycles. The van der Waals surface area contributed by atoms with Gasteiger partial charge in [-0.25, -0.2) is 9.37 Å². The van der Waals surface area contributed by atoms with Crippen LogP contribution in [0.15, 0.2) is 66.0 Å². The number of hydrogen-bond donors (Lipinski definition) is 1. The van der Waals surface area contributed by atoms with Crippen molar-refractivity contribution in [3.8, 4) is 11.3 Å². The summed E-state index contributed by atoms with van der Waals surface area (Å²) in [5, 5.41) is 3.70. The second-order valence-corrected chi connectivity index (χ2v) is 8.17. The van der Waals surface area contributed by atoms with Crippen LogP contribution in [0.25, 0.3) is 11.3 Å². The molecule has 1 aromatic heterocycles. The highest BCUT2D eigenvalue weighted by atomic mass is 32.2. The van der Waals surface area contributed by atoms with Gasteiger partial charge in [0.1, 0.15) is 5.82 Å². The highest BCUT2D eigenvalue weighted by Gasteiger charge is 2.18. The summed E-state index contributed by atoms with van der Waals surface area (Å²) in [7, 11) is 0. The molecule has 1 amide bonds. The molecule has 1 aliphatic heterocycles. The van der Waals surface area contributed by atoms with Crippen LogP contribution in [0.5, 0.6) is 0 Å². The van der Waals surface area contributed by atoms with E-state index in [0.717, 1.165) is 41.4 Å². The van der Waals surface area contributed by atoms with Crippen LogP contribution in [-0.2, 0) is 16.1 Å². The number of thioether (sulfide) groups is 1.